The molecule has 0 aliphatic carbocycles. The van der Waals surface area contributed by atoms with Gasteiger partial charge in [-0.25, -0.2) is 10.6 Å². The van der Waals surface area contributed by atoms with E-state index in [0.29, 0.717) is 0 Å². The molecule has 1 aliphatic heterocycles. The van der Waals surface area contributed by atoms with Gasteiger partial charge in [0, 0.05) is 0 Å². The third kappa shape index (κ3) is 2.74. The van der Waals surface area contributed by atoms with Crippen molar-refractivity contribution < 1.29 is 22.7 Å². The van der Waals surface area contributed by atoms with E-state index in [1.165, 1.54) is 0 Å². The Kier molecular flexibility index (Phi) is 2.62. The highest BCUT2D eigenvalue weighted by atomic mass is 19.4. The molecule has 0 aromatic heterocycles. The molecule has 5 nitrogen and oxygen atoms in total. The summed E-state index contributed by atoms with van der Waals surface area (Å²) in [6.45, 7) is -0.189. The van der Waals surface area contributed by atoms with Crippen LogP contribution in [0, 0.1) is 0 Å². The van der Waals surface area contributed by atoms with E-state index in [1.54, 1.807) is 5.43 Å². The molecule has 0 spiro atoms. The Labute approximate surface area is 71.6 Å². The van der Waals surface area contributed by atoms with E-state index >= 15 is 0 Å². The average molecular weight is 199 g/mol. The van der Waals surface area contributed by atoms with Crippen molar-refractivity contribution in [1.82, 2.24) is 10.3 Å². The van der Waals surface area contributed by atoms with Gasteiger partial charge in [0.2, 0.25) is 0 Å². The number of carbonyl (C=O) groups is 1. The van der Waals surface area contributed by atoms with E-state index in [4.69, 9.17) is 5.84 Å². The van der Waals surface area contributed by atoms with Crippen LogP contribution >= 0.6 is 0 Å². The predicted molar refractivity (Wildman–Crippen MR) is 35.2 cm³/mol. The Hall–Kier alpha value is -1.02. The van der Waals surface area contributed by atoms with Crippen LogP contribution in [0.1, 0.15) is 0 Å². The van der Waals surface area contributed by atoms with Crippen LogP contribution in [0.3, 0.4) is 0 Å². The number of rotatable bonds is 1. The molecular weight excluding hydrogens is 191 g/mol. The number of nitrogens with two attached hydrogens (primary N) is 1. The Balaban J connectivity index is 2.22. The second-order valence-corrected chi connectivity index (χ2v) is 2.54. The molecular formula is C5H8F3N3O2. The van der Waals surface area contributed by atoms with Gasteiger partial charge in [-0.1, -0.05) is 0 Å². The lowest BCUT2D eigenvalue weighted by Gasteiger charge is -2.38. The van der Waals surface area contributed by atoms with Crippen molar-refractivity contribution in [3.63, 3.8) is 0 Å². The maximum atomic E-state index is 11.6. The molecule has 2 amide bonds. The number of nitrogens with one attached hydrogen (secondary N) is 1. The number of hydrogen-bond acceptors (Lipinski definition) is 3. The van der Waals surface area contributed by atoms with Gasteiger partial charge in [0.05, 0.1) is 13.1 Å². The number of ether oxygens (including phenoxy) is 1. The largest absolute Gasteiger partial charge is 0.522 e. The molecule has 0 aromatic rings. The van der Waals surface area contributed by atoms with Crippen molar-refractivity contribution in [2.24, 2.45) is 5.84 Å². The Morgan fingerprint density at radius 1 is 1.54 bits per heavy atom. The Bertz CT molecular complexity index is 202. The van der Waals surface area contributed by atoms with Gasteiger partial charge >= 0.3 is 12.4 Å². The van der Waals surface area contributed by atoms with Gasteiger partial charge in [0.25, 0.3) is 0 Å². The number of likely N-dealkylation sites (tertiary alicyclic amines) is 1. The molecule has 0 aromatic carbocycles. The van der Waals surface area contributed by atoms with Crippen molar-refractivity contribution in [2.45, 2.75) is 12.5 Å². The molecule has 3 N–H and O–H groups in total. The van der Waals surface area contributed by atoms with Crippen LogP contribution < -0.4 is 11.3 Å². The average Bonchev–Trinajstić information content (AvgIpc) is 1.92. The van der Waals surface area contributed by atoms with E-state index in [2.05, 4.69) is 4.74 Å². The summed E-state index contributed by atoms with van der Waals surface area (Å²) in [4.78, 5) is 11.8. The first-order chi connectivity index (χ1) is 5.92. The maximum absolute atomic E-state index is 11.6. The summed E-state index contributed by atoms with van der Waals surface area (Å²) in [5.41, 5.74) is 1.80. The molecule has 0 saturated carbocycles. The van der Waals surface area contributed by atoms with Gasteiger partial charge in [0.15, 0.2) is 0 Å². The molecule has 1 saturated heterocycles. The minimum absolute atomic E-state index is 0.0947. The number of hydrazine groups is 1. The fraction of sp³-hybridized carbons (Fsp3) is 0.800. The van der Waals surface area contributed by atoms with Crippen LogP contribution in [-0.2, 0) is 4.74 Å². The molecule has 8 heteroatoms. The first kappa shape index (κ1) is 10.1. The zero-order chi connectivity index (χ0) is 10.1. The molecule has 1 fully saturated rings. The van der Waals surface area contributed by atoms with Crippen LogP contribution in [-0.4, -0.2) is 36.5 Å². The van der Waals surface area contributed by atoms with Gasteiger partial charge in [-0.05, 0) is 0 Å². The topological polar surface area (TPSA) is 67.6 Å². The van der Waals surface area contributed by atoms with E-state index in [9.17, 15) is 18.0 Å². The van der Waals surface area contributed by atoms with Gasteiger partial charge in [0.1, 0.15) is 6.10 Å². The van der Waals surface area contributed by atoms with Crippen LogP contribution in [0.15, 0.2) is 0 Å². The maximum Gasteiger partial charge on any atom is 0.522 e. The van der Waals surface area contributed by atoms with Crippen molar-refractivity contribution in [3.05, 3.63) is 0 Å². The molecule has 1 heterocycles. The highest BCUT2D eigenvalue weighted by molar-refractivity contribution is 5.74. The van der Waals surface area contributed by atoms with Crippen LogP contribution in [0.25, 0.3) is 0 Å². The summed E-state index contributed by atoms with van der Waals surface area (Å²) in [7, 11) is 0. The number of amides is 2. The normalized spacial score (nSPS) is 18.3. The summed E-state index contributed by atoms with van der Waals surface area (Å²) in [6, 6.07) is -0.609. The van der Waals surface area contributed by atoms with Crippen molar-refractivity contribution in [1.29, 1.82) is 0 Å². The molecule has 1 rings (SSSR count). The standard InChI is InChI=1S/C5H8F3N3O2/c6-5(7,8)13-3-1-11(2-3)4(12)10-9/h3H,1-2,9H2,(H,10,12). The fourth-order valence-corrected chi connectivity index (χ4v) is 0.959. The number of hydrogen-bond donors (Lipinski definition) is 2. The zero-order valence-corrected chi connectivity index (χ0v) is 6.47. The molecule has 0 unspecified atom stereocenters. The molecule has 0 bridgehead atoms. The van der Waals surface area contributed by atoms with Gasteiger partial charge in [-0.3, -0.25) is 10.2 Å². The first-order valence-corrected chi connectivity index (χ1v) is 3.42. The van der Waals surface area contributed by atoms with E-state index in [1.807, 2.05) is 0 Å². The van der Waals surface area contributed by atoms with Crippen molar-refractivity contribution >= 4 is 6.03 Å². The smallest absolute Gasteiger partial charge is 0.318 e. The van der Waals surface area contributed by atoms with Crippen molar-refractivity contribution in [3.8, 4) is 0 Å². The number of urea groups is 1. The number of carbonyl (C=O) groups excluding carboxylic acids is 1. The Morgan fingerprint density at radius 3 is 2.46 bits per heavy atom. The summed E-state index contributed by atoms with van der Waals surface area (Å²) in [5, 5.41) is 0. The fourth-order valence-electron chi connectivity index (χ4n) is 0.959. The summed E-state index contributed by atoms with van der Waals surface area (Å²) < 4.78 is 38.3. The van der Waals surface area contributed by atoms with E-state index in [-0.39, 0.29) is 13.1 Å². The lowest BCUT2D eigenvalue weighted by Crippen LogP contribution is -2.59. The van der Waals surface area contributed by atoms with Gasteiger partial charge in [-0.2, -0.15) is 0 Å². The van der Waals surface area contributed by atoms with Crippen molar-refractivity contribution in [2.75, 3.05) is 13.1 Å². The quantitative estimate of drug-likeness (QED) is 0.349. The molecule has 76 valence electrons. The number of nitrogens with zero attached hydrogens (tertiary/aromatic N) is 1. The SMILES string of the molecule is NNC(=O)N1CC(OC(F)(F)F)C1. The Morgan fingerprint density at radius 2 is 2.08 bits per heavy atom. The molecule has 0 radical (unpaired) electrons. The molecule has 1 aliphatic rings. The summed E-state index contributed by atoms with van der Waals surface area (Å²) in [5.74, 6) is 4.75. The second-order valence-electron chi connectivity index (χ2n) is 2.54. The zero-order valence-electron chi connectivity index (χ0n) is 6.47. The molecule has 0 atom stereocenters. The van der Waals surface area contributed by atoms with E-state index in [0.717, 1.165) is 4.90 Å². The number of alkyl halides is 3. The first-order valence-electron chi connectivity index (χ1n) is 3.42. The van der Waals surface area contributed by atoms with Crippen LogP contribution in [0.2, 0.25) is 0 Å². The summed E-state index contributed by atoms with van der Waals surface area (Å²) in [6.07, 6.45) is -5.62. The van der Waals surface area contributed by atoms with Gasteiger partial charge < -0.3 is 4.90 Å². The lowest BCUT2D eigenvalue weighted by atomic mass is 10.2. The summed E-state index contributed by atoms with van der Waals surface area (Å²) >= 11 is 0. The lowest BCUT2D eigenvalue weighted by molar-refractivity contribution is -0.352. The second kappa shape index (κ2) is 3.38. The minimum Gasteiger partial charge on any atom is -0.318 e. The monoisotopic (exact) mass is 199 g/mol. The van der Waals surface area contributed by atoms with Crippen LogP contribution in [0.5, 0.6) is 0 Å². The highest BCUT2D eigenvalue weighted by Gasteiger charge is 2.40. The number of halogens is 3. The third-order valence-corrected chi connectivity index (χ3v) is 1.56. The predicted octanol–water partition coefficient (Wildman–Crippen LogP) is -0.210. The van der Waals surface area contributed by atoms with Gasteiger partial charge in [-0.15, -0.1) is 13.2 Å². The third-order valence-electron chi connectivity index (χ3n) is 1.56. The minimum atomic E-state index is -4.64. The van der Waals surface area contributed by atoms with Crippen LogP contribution in [0.4, 0.5) is 18.0 Å². The highest BCUT2D eigenvalue weighted by Crippen LogP contribution is 2.23. The molecule has 13 heavy (non-hydrogen) atoms. The van der Waals surface area contributed by atoms with E-state index < -0.39 is 18.5 Å².